The number of benzene rings is 2. The Hall–Kier alpha value is -3.72. The molecule has 2 amide bonds. The second-order valence-electron chi connectivity index (χ2n) is 8.67. The molecule has 4 aliphatic rings. The van der Waals surface area contributed by atoms with Crippen molar-refractivity contribution < 1.29 is 24.1 Å². The Bertz CT molecular complexity index is 1230. The van der Waals surface area contributed by atoms with Gasteiger partial charge in [0.15, 0.2) is 17.1 Å². The zero-order valence-corrected chi connectivity index (χ0v) is 16.8. The molecule has 0 N–H and O–H groups in total. The Morgan fingerprint density at radius 2 is 1.62 bits per heavy atom. The fourth-order valence-corrected chi connectivity index (χ4v) is 6.24. The summed E-state index contributed by atoms with van der Waals surface area (Å²) in [5, 5.41) is 11.2. The average molecular weight is 431 g/mol. The van der Waals surface area contributed by atoms with E-state index in [1.807, 2.05) is 0 Å². The lowest BCUT2D eigenvalue weighted by molar-refractivity contribution is -0.384. The van der Waals surface area contributed by atoms with E-state index < -0.39 is 51.7 Å². The number of non-ortho nitro benzene ring substituents is 1. The highest BCUT2D eigenvalue weighted by molar-refractivity contribution is 6.37. The third-order valence-electron chi connectivity index (χ3n) is 7.38. The molecule has 1 aliphatic carbocycles. The van der Waals surface area contributed by atoms with Crippen molar-refractivity contribution in [1.82, 2.24) is 4.90 Å². The first-order chi connectivity index (χ1) is 15.4. The fourth-order valence-electron chi connectivity index (χ4n) is 6.24. The number of Topliss-reactive ketones (excluding diaryl/α,β-unsaturated/α-hetero) is 2. The van der Waals surface area contributed by atoms with Crippen molar-refractivity contribution in [2.24, 2.45) is 11.8 Å². The number of nitrogens with zero attached hydrogens (tertiary/aromatic N) is 3. The number of anilines is 1. The summed E-state index contributed by atoms with van der Waals surface area (Å²) in [6, 6.07) is 11.4. The molecule has 3 atom stereocenters. The molecule has 6 rings (SSSR count). The van der Waals surface area contributed by atoms with Crippen molar-refractivity contribution in [3.8, 4) is 0 Å². The van der Waals surface area contributed by atoms with Crippen LogP contribution in [0.1, 0.15) is 33.6 Å². The van der Waals surface area contributed by atoms with Crippen molar-refractivity contribution in [3.63, 3.8) is 0 Å². The van der Waals surface area contributed by atoms with Gasteiger partial charge < -0.3 is 0 Å². The lowest BCUT2D eigenvalue weighted by Crippen LogP contribution is -2.59. The minimum Gasteiger partial charge on any atom is -0.291 e. The van der Waals surface area contributed by atoms with Crippen LogP contribution < -0.4 is 4.90 Å². The van der Waals surface area contributed by atoms with Crippen LogP contribution in [0.4, 0.5) is 11.4 Å². The number of carbonyl (C=O) groups is 4. The van der Waals surface area contributed by atoms with Gasteiger partial charge in [-0.2, -0.15) is 0 Å². The van der Waals surface area contributed by atoms with Crippen LogP contribution in [0, 0.1) is 22.0 Å². The zero-order valence-electron chi connectivity index (χ0n) is 16.8. The van der Waals surface area contributed by atoms with E-state index in [1.54, 1.807) is 29.2 Å². The summed E-state index contributed by atoms with van der Waals surface area (Å²) in [6.45, 7) is 0.459. The number of nitro benzene ring substituents is 1. The normalized spacial score (nSPS) is 27.9. The Morgan fingerprint density at radius 1 is 0.938 bits per heavy atom. The van der Waals surface area contributed by atoms with Crippen molar-refractivity contribution in [3.05, 3.63) is 69.8 Å². The van der Waals surface area contributed by atoms with Gasteiger partial charge in [-0.1, -0.05) is 30.3 Å². The second-order valence-corrected chi connectivity index (χ2v) is 8.67. The summed E-state index contributed by atoms with van der Waals surface area (Å²) in [7, 11) is 0. The molecule has 0 radical (unpaired) electrons. The topological polar surface area (TPSA) is 118 Å². The average Bonchev–Trinajstić information content (AvgIpc) is 3.48. The highest BCUT2D eigenvalue weighted by Crippen LogP contribution is 2.57. The molecule has 160 valence electrons. The molecule has 2 aromatic carbocycles. The summed E-state index contributed by atoms with van der Waals surface area (Å²) in [4.78, 5) is 68.0. The van der Waals surface area contributed by atoms with Gasteiger partial charge >= 0.3 is 0 Å². The van der Waals surface area contributed by atoms with Crippen molar-refractivity contribution >= 4 is 34.8 Å². The van der Waals surface area contributed by atoms with Gasteiger partial charge in [-0.25, -0.2) is 4.90 Å². The number of hydrogen-bond donors (Lipinski definition) is 0. The van der Waals surface area contributed by atoms with Gasteiger partial charge in [0.2, 0.25) is 11.8 Å². The summed E-state index contributed by atoms with van der Waals surface area (Å²) >= 11 is 0. The Balaban J connectivity index is 1.53. The Morgan fingerprint density at radius 3 is 2.28 bits per heavy atom. The van der Waals surface area contributed by atoms with E-state index in [1.165, 1.54) is 24.3 Å². The van der Waals surface area contributed by atoms with Gasteiger partial charge in [-0.3, -0.25) is 34.2 Å². The highest BCUT2D eigenvalue weighted by atomic mass is 16.6. The third kappa shape index (κ3) is 2.02. The van der Waals surface area contributed by atoms with E-state index in [2.05, 4.69) is 0 Å². The molecular formula is C23H17N3O6. The quantitative estimate of drug-likeness (QED) is 0.309. The molecular weight excluding hydrogens is 414 g/mol. The summed E-state index contributed by atoms with van der Waals surface area (Å²) in [5.74, 6) is -4.01. The molecule has 3 fully saturated rings. The number of ketones is 2. The summed E-state index contributed by atoms with van der Waals surface area (Å²) in [6.07, 6.45) is 1.31. The molecule has 0 saturated carbocycles. The van der Waals surface area contributed by atoms with Gasteiger partial charge in [-0.05, 0) is 25.5 Å². The van der Waals surface area contributed by atoms with E-state index in [-0.39, 0.29) is 22.5 Å². The maximum Gasteiger partial charge on any atom is 0.271 e. The number of rotatable bonds is 2. The number of hydrogen-bond acceptors (Lipinski definition) is 7. The van der Waals surface area contributed by atoms with Gasteiger partial charge in [-0.15, -0.1) is 0 Å². The molecule has 3 saturated heterocycles. The molecule has 32 heavy (non-hydrogen) atoms. The molecule has 0 bridgehead atoms. The van der Waals surface area contributed by atoms with Crippen molar-refractivity contribution in [1.29, 1.82) is 0 Å². The van der Waals surface area contributed by atoms with Crippen molar-refractivity contribution in [2.45, 2.75) is 24.4 Å². The van der Waals surface area contributed by atoms with Gasteiger partial charge in [0.05, 0.1) is 22.4 Å². The van der Waals surface area contributed by atoms with E-state index >= 15 is 0 Å². The third-order valence-corrected chi connectivity index (χ3v) is 7.38. The predicted molar refractivity (Wildman–Crippen MR) is 110 cm³/mol. The summed E-state index contributed by atoms with van der Waals surface area (Å²) in [5.41, 5.74) is -1.34. The molecule has 9 heteroatoms. The predicted octanol–water partition coefficient (Wildman–Crippen LogP) is 2.00. The van der Waals surface area contributed by atoms with Crippen LogP contribution in [-0.4, -0.2) is 51.3 Å². The van der Waals surface area contributed by atoms with Gasteiger partial charge in [0.25, 0.3) is 5.69 Å². The first-order valence-electron chi connectivity index (χ1n) is 10.5. The van der Waals surface area contributed by atoms with Crippen LogP contribution >= 0.6 is 0 Å². The molecule has 3 heterocycles. The Kier molecular flexibility index (Phi) is 3.66. The first kappa shape index (κ1) is 19.0. The number of nitro groups is 1. The number of fused-ring (bicyclic) bond motifs is 6. The standard InChI is InChI=1S/C23H17N3O6/c27-19-14-7-1-2-8-15(14)20(28)23(19)18-17(16-9-4-10-24(16)23)21(29)25(22(18)30)12-5-3-6-13(11-12)26(31)32/h1-3,5-8,11,16-18H,4,9-10H2/t16-,17+,18-/m1/s1. The highest BCUT2D eigenvalue weighted by Gasteiger charge is 2.76. The zero-order chi connectivity index (χ0) is 22.4. The Labute approximate surface area is 181 Å². The van der Waals surface area contributed by atoms with Crippen molar-refractivity contribution in [2.75, 3.05) is 11.4 Å². The lowest BCUT2D eigenvalue weighted by Gasteiger charge is -2.35. The van der Waals surface area contributed by atoms with Crippen LogP contribution in [0.15, 0.2) is 48.5 Å². The second kappa shape index (κ2) is 6.17. The minimum atomic E-state index is -1.72. The number of imide groups is 1. The molecule has 0 unspecified atom stereocenters. The first-order valence-corrected chi connectivity index (χ1v) is 10.5. The fraction of sp³-hybridized carbons (Fsp3) is 0.304. The van der Waals surface area contributed by atoms with Gasteiger partial charge in [0.1, 0.15) is 0 Å². The molecule has 3 aliphatic heterocycles. The molecule has 9 nitrogen and oxygen atoms in total. The molecule has 0 aromatic heterocycles. The van der Waals surface area contributed by atoms with E-state index in [0.717, 1.165) is 4.90 Å². The maximum absolute atomic E-state index is 13.7. The van der Waals surface area contributed by atoms with E-state index in [4.69, 9.17) is 0 Å². The number of carbonyl (C=O) groups excluding carboxylic acids is 4. The molecule has 2 aromatic rings. The van der Waals surface area contributed by atoms with Crippen LogP contribution in [0.3, 0.4) is 0 Å². The van der Waals surface area contributed by atoms with E-state index in [9.17, 15) is 29.3 Å². The SMILES string of the molecule is O=C1[C@H]2[C@H]3CCCN3C3(C(=O)c4ccccc4C3=O)[C@H]2C(=O)N1c1cccc([N+](=O)[O-])c1. The van der Waals surface area contributed by atoms with Crippen LogP contribution in [-0.2, 0) is 9.59 Å². The summed E-state index contributed by atoms with van der Waals surface area (Å²) < 4.78 is 0. The minimum absolute atomic E-state index is 0.0821. The lowest BCUT2D eigenvalue weighted by atomic mass is 9.76. The van der Waals surface area contributed by atoms with E-state index in [0.29, 0.717) is 19.4 Å². The largest absolute Gasteiger partial charge is 0.291 e. The maximum atomic E-state index is 13.7. The molecule has 1 spiro atoms. The van der Waals surface area contributed by atoms with Crippen LogP contribution in [0.25, 0.3) is 0 Å². The number of amides is 2. The van der Waals surface area contributed by atoms with Crippen LogP contribution in [0.2, 0.25) is 0 Å². The smallest absolute Gasteiger partial charge is 0.271 e. The van der Waals surface area contributed by atoms with Crippen LogP contribution in [0.5, 0.6) is 0 Å². The van der Waals surface area contributed by atoms with Gasteiger partial charge in [0, 0.05) is 29.3 Å². The monoisotopic (exact) mass is 431 g/mol.